The summed E-state index contributed by atoms with van der Waals surface area (Å²) in [6, 6.07) is 13.9. The van der Waals surface area contributed by atoms with E-state index in [2.05, 4.69) is 10.6 Å². The van der Waals surface area contributed by atoms with Crippen LogP contribution in [0.4, 0.5) is 10.5 Å². The molecular weight excluding hydrogens is 292 g/mol. The number of methoxy groups -OCH3 is 1. The smallest absolute Gasteiger partial charge is 0.319 e. The van der Waals surface area contributed by atoms with E-state index in [4.69, 9.17) is 4.74 Å². The molecule has 2 atom stereocenters. The van der Waals surface area contributed by atoms with Crippen molar-refractivity contribution in [3.05, 3.63) is 59.7 Å². The van der Waals surface area contributed by atoms with E-state index in [-0.39, 0.29) is 6.03 Å². The molecule has 0 radical (unpaired) electrons. The van der Waals surface area contributed by atoms with Gasteiger partial charge in [0.1, 0.15) is 5.75 Å². The third-order valence-corrected chi connectivity index (χ3v) is 3.68. The summed E-state index contributed by atoms with van der Waals surface area (Å²) in [6.45, 7) is 3.68. The van der Waals surface area contributed by atoms with E-state index in [1.165, 1.54) is 0 Å². The van der Waals surface area contributed by atoms with Gasteiger partial charge in [-0.25, -0.2) is 4.79 Å². The number of hydrogen-bond acceptors (Lipinski definition) is 3. The topological polar surface area (TPSA) is 70.6 Å². The molecule has 0 aliphatic carbocycles. The number of rotatable bonds is 5. The largest absolute Gasteiger partial charge is 0.497 e. The van der Waals surface area contributed by atoms with Crippen molar-refractivity contribution in [1.82, 2.24) is 5.32 Å². The van der Waals surface area contributed by atoms with Crippen LogP contribution in [0.15, 0.2) is 48.5 Å². The molecule has 0 fully saturated rings. The predicted octanol–water partition coefficient (Wildman–Crippen LogP) is 3.25. The number of ether oxygens (including phenoxy) is 1. The quantitative estimate of drug-likeness (QED) is 0.793. The van der Waals surface area contributed by atoms with Crippen molar-refractivity contribution >= 4 is 11.7 Å². The van der Waals surface area contributed by atoms with E-state index in [1.54, 1.807) is 38.3 Å². The zero-order valence-corrected chi connectivity index (χ0v) is 13.5. The van der Waals surface area contributed by atoms with Crippen LogP contribution in [0.2, 0.25) is 0 Å². The second kappa shape index (κ2) is 7.65. The van der Waals surface area contributed by atoms with Crippen molar-refractivity contribution in [2.75, 3.05) is 12.4 Å². The Morgan fingerprint density at radius 1 is 1.13 bits per heavy atom. The third kappa shape index (κ3) is 4.47. The molecule has 2 unspecified atom stereocenters. The highest BCUT2D eigenvalue weighted by Crippen LogP contribution is 2.20. The maximum Gasteiger partial charge on any atom is 0.319 e. The zero-order chi connectivity index (χ0) is 16.8. The van der Waals surface area contributed by atoms with Crippen molar-refractivity contribution in [2.24, 2.45) is 0 Å². The summed E-state index contributed by atoms with van der Waals surface area (Å²) in [5.74, 6) is 0.721. The number of benzene rings is 2. The lowest BCUT2D eigenvalue weighted by Gasteiger charge is -2.21. The Bertz CT molecular complexity index is 656. The molecule has 2 amide bonds. The van der Waals surface area contributed by atoms with Gasteiger partial charge in [-0.1, -0.05) is 30.3 Å². The summed E-state index contributed by atoms with van der Waals surface area (Å²) < 4.78 is 5.09. The summed E-state index contributed by atoms with van der Waals surface area (Å²) in [6.07, 6.45) is -0.802. The molecule has 5 nitrogen and oxygen atoms in total. The van der Waals surface area contributed by atoms with E-state index in [0.717, 1.165) is 22.6 Å². The van der Waals surface area contributed by atoms with E-state index in [0.29, 0.717) is 0 Å². The Labute approximate surface area is 136 Å². The molecule has 23 heavy (non-hydrogen) atoms. The molecule has 3 N–H and O–H groups in total. The highest BCUT2D eigenvalue weighted by Gasteiger charge is 2.18. The molecule has 0 heterocycles. The monoisotopic (exact) mass is 314 g/mol. The normalized spacial score (nSPS) is 13.0. The summed E-state index contributed by atoms with van der Waals surface area (Å²) >= 11 is 0. The molecule has 2 rings (SSSR count). The number of nitrogens with one attached hydrogen (secondary N) is 2. The summed E-state index contributed by atoms with van der Waals surface area (Å²) in [5, 5.41) is 15.9. The highest BCUT2D eigenvalue weighted by molar-refractivity contribution is 5.90. The molecule has 0 saturated heterocycles. The fourth-order valence-electron chi connectivity index (χ4n) is 2.25. The highest BCUT2D eigenvalue weighted by atomic mass is 16.5. The van der Waals surface area contributed by atoms with Gasteiger partial charge in [0.25, 0.3) is 0 Å². The molecule has 122 valence electrons. The van der Waals surface area contributed by atoms with Crippen molar-refractivity contribution < 1.29 is 14.6 Å². The van der Waals surface area contributed by atoms with Gasteiger partial charge >= 0.3 is 6.03 Å². The lowest BCUT2D eigenvalue weighted by atomic mass is 10.0. The number of aliphatic hydroxyl groups is 1. The fraction of sp³-hybridized carbons (Fsp3) is 0.278. The van der Waals surface area contributed by atoms with E-state index in [9.17, 15) is 9.90 Å². The Hall–Kier alpha value is -2.53. The van der Waals surface area contributed by atoms with Crippen LogP contribution in [0.3, 0.4) is 0 Å². The van der Waals surface area contributed by atoms with Crippen LogP contribution < -0.4 is 15.4 Å². The molecule has 0 bridgehead atoms. The fourth-order valence-corrected chi connectivity index (χ4v) is 2.25. The van der Waals surface area contributed by atoms with Crippen LogP contribution >= 0.6 is 0 Å². The van der Waals surface area contributed by atoms with E-state index < -0.39 is 12.1 Å². The summed E-state index contributed by atoms with van der Waals surface area (Å²) in [7, 11) is 1.59. The second-order valence-corrected chi connectivity index (χ2v) is 5.42. The molecular formula is C18H22N2O3. The number of para-hydroxylation sites is 1. The predicted molar refractivity (Wildman–Crippen MR) is 90.7 cm³/mol. The Morgan fingerprint density at radius 3 is 2.39 bits per heavy atom. The number of carbonyl (C=O) groups excluding carboxylic acids is 1. The van der Waals surface area contributed by atoms with Gasteiger partial charge < -0.3 is 20.5 Å². The molecule has 5 heteroatoms. The molecule has 0 aromatic heterocycles. The van der Waals surface area contributed by atoms with Crippen molar-refractivity contribution in [1.29, 1.82) is 0 Å². The standard InChI is InChI=1S/C18H22N2O3/c1-12-6-4-5-7-16(12)20-18(22)19-13(2)17(21)14-8-10-15(23-3)11-9-14/h4-11,13,17,21H,1-3H3,(H2,19,20,22). The molecule has 0 saturated carbocycles. The average molecular weight is 314 g/mol. The molecule has 0 spiro atoms. The summed E-state index contributed by atoms with van der Waals surface area (Å²) in [4.78, 5) is 12.1. The molecule has 0 aliphatic rings. The Kier molecular flexibility index (Phi) is 5.60. The van der Waals surface area contributed by atoms with Crippen LogP contribution in [0, 0.1) is 6.92 Å². The zero-order valence-electron chi connectivity index (χ0n) is 13.5. The van der Waals surface area contributed by atoms with Gasteiger partial charge in [-0.3, -0.25) is 0 Å². The van der Waals surface area contributed by atoms with Crippen LogP contribution in [-0.4, -0.2) is 24.3 Å². The Morgan fingerprint density at radius 2 is 1.78 bits per heavy atom. The van der Waals surface area contributed by atoms with E-state index >= 15 is 0 Å². The van der Waals surface area contributed by atoms with Crippen molar-refractivity contribution in [2.45, 2.75) is 26.0 Å². The maximum atomic E-state index is 12.1. The third-order valence-electron chi connectivity index (χ3n) is 3.68. The molecule has 2 aromatic carbocycles. The number of hydrogen-bond donors (Lipinski definition) is 3. The number of amides is 2. The van der Waals surface area contributed by atoms with Crippen molar-refractivity contribution in [3.63, 3.8) is 0 Å². The van der Waals surface area contributed by atoms with Gasteiger partial charge in [-0.15, -0.1) is 0 Å². The van der Waals surface area contributed by atoms with Gasteiger partial charge in [-0.2, -0.15) is 0 Å². The van der Waals surface area contributed by atoms with Crippen LogP contribution in [0.1, 0.15) is 24.2 Å². The average Bonchev–Trinajstić information content (AvgIpc) is 2.56. The first-order valence-corrected chi connectivity index (χ1v) is 7.46. The number of aryl methyl sites for hydroxylation is 1. The number of urea groups is 1. The molecule has 0 aliphatic heterocycles. The summed E-state index contributed by atoms with van der Waals surface area (Å²) in [5.41, 5.74) is 2.44. The number of aliphatic hydroxyl groups excluding tert-OH is 1. The first-order valence-electron chi connectivity index (χ1n) is 7.46. The lowest BCUT2D eigenvalue weighted by Crippen LogP contribution is -2.39. The van der Waals surface area contributed by atoms with Gasteiger partial charge in [0.05, 0.1) is 19.3 Å². The van der Waals surface area contributed by atoms with Crippen LogP contribution in [0.25, 0.3) is 0 Å². The van der Waals surface area contributed by atoms with Crippen LogP contribution in [0.5, 0.6) is 5.75 Å². The minimum absolute atomic E-state index is 0.348. The number of anilines is 1. The van der Waals surface area contributed by atoms with E-state index in [1.807, 2.05) is 31.2 Å². The first-order chi connectivity index (χ1) is 11.0. The van der Waals surface area contributed by atoms with Crippen molar-refractivity contribution in [3.8, 4) is 5.75 Å². The minimum atomic E-state index is -0.802. The maximum absolute atomic E-state index is 12.1. The van der Waals surface area contributed by atoms with Gasteiger partial charge in [-0.05, 0) is 43.2 Å². The lowest BCUT2D eigenvalue weighted by molar-refractivity contribution is 0.139. The van der Waals surface area contributed by atoms with Gasteiger partial charge in [0, 0.05) is 5.69 Å². The number of carbonyl (C=O) groups is 1. The molecule has 2 aromatic rings. The van der Waals surface area contributed by atoms with Gasteiger partial charge in [0.2, 0.25) is 0 Å². The second-order valence-electron chi connectivity index (χ2n) is 5.42. The van der Waals surface area contributed by atoms with Crippen LogP contribution in [-0.2, 0) is 0 Å². The van der Waals surface area contributed by atoms with Gasteiger partial charge in [0.15, 0.2) is 0 Å². The minimum Gasteiger partial charge on any atom is -0.497 e. The Balaban J connectivity index is 1.95. The first kappa shape index (κ1) is 16.8. The SMILES string of the molecule is COc1ccc(C(O)C(C)NC(=O)Nc2ccccc2C)cc1.